The van der Waals surface area contributed by atoms with Crippen LogP contribution in [0, 0.1) is 0 Å². The summed E-state index contributed by atoms with van der Waals surface area (Å²) in [6, 6.07) is 13.7. The van der Waals surface area contributed by atoms with Crippen LogP contribution in [-0.2, 0) is 13.1 Å². The predicted octanol–water partition coefficient (Wildman–Crippen LogP) is 3.40. The van der Waals surface area contributed by atoms with Gasteiger partial charge in [0.15, 0.2) is 0 Å². The van der Waals surface area contributed by atoms with Gasteiger partial charge in [-0.1, -0.05) is 30.3 Å². The third-order valence-electron chi connectivity index (χ3n) is 3.07. The fourth-order valence-electron chi connectivity index (χ4n) is 1.95. The Morgan fingerprint density at radius 3 is 2.55 bits per heavy atom. The van der Waals surface area contributed by atoms with Gasteiger partial charge in [-0.05, 0) is 31.5 Å². The minimum absolute atomic E-state index is 0.0831. The monoisotopic (exact) mass is 272 g/mol. The lowest BCUT2D eigenvalue weighted by atomic mass is 10.2. The summed E-state index contributed by atoms with van der Waals surface area (Å²) in [5.74, 6) is 0.752. The number of benzene rings is 1. The fourth-order valence-corrected chi connectivity index (χ4v) is 1.95. The highest BCUT2D eigenvalue weighted by atomic mass is 16.3. The second-order valence-electron chi connectivity index (χ2n) is 4.95. The van der Waals surface area contributed by atoms with Gasteiger partial charge in [-0.3, -0.25) is 0 Å². The van der Waals surface area contributed by atoms with E-state index in [0.29, 0.717) is 13.1 Å². The van der Waals surface area contributed by atoms with Crippen molar-refractivity contribution >= 4 is 6.03 Å². The van der Waals surface area contributed by atoms with E-state index in [-0.39, 0.29) is 12.1 Å². The first-order valence-electron chi connectivity index (χ1n) is 6.77. The zero-order valence-electron chi connectivity index (χ0n) is 11.9. The molecular weight excluding hydrogens is 252 g/mol. The number of carbonyl (C=O) groups excluding carboxylic acids is 1. The van der Waals surface area contributed by atoms with Crippen LogP contribution in [0.25, 0.3) is 0 Å². The van der Waals surface area contributed by atoms with E-state index in [9.17, 15) is 4.79 Å². The van der Waals surface area contributed by atoms with Crippen LogP contribution in [0.5, 0.6) is 0 Å². The minimum atomic E-state index is -0.0831. The minimum Gasteiger partial charge on any atom is -0.467 e. The molecule has 20 heavy (non-hydrogen) atoms. The van der Waals surface area contributed by atoms with Crippen LogP contribution in [0.15, 0.2) is 53.1 Å². The Hall–Kier alpha value is -2.23. The summed E-state index contributed by atoms with van der Waals surface area (Å²) < 4.78 is 5.21. The van der Waals surface area contributed by atoms with Gasteiger partial charge in [0, 0.05) is 12.6 Å². The van der Waals surface area contributed by atoms with E-state index in [2.05, 4.69) is 5.32 Å². The van der Waals surface area contributed by atoms with Crippen molar-refractivity contribution in [1.82, 2.24) is 10.2 Å². The summed E-state index contributed by atoms with van der Waals surface area (Å²) in [5, 5.41) is 2.88. The summed E-state index contributed by atoms with van der Waals surface area (Å²) in [4.78, 5) is 14.1. The van der Waals surface area contributed by atoms with Gasteiger partial charge in [-0.2, -0.15) is 0 Å². The van der Waals surface area contributed by atoms with Crippen molar-refractivity contribution in [1.29, 1.82) is 0 Å². The van der Waals surface area contributed by atoms with Crippen LogP contribution >= 0.6 is 0 Å². The highest BCUT2D eigenvalue weighted by molar-refractivity contribution is 5.74. The Bertz CT molecular complexity index is 521. The van der Waals surface area contributed by atoms with E-state index in [1.807, 2.05) is 56.3 Å². The summed E-state index contributed by atoms with van der Waals surface area (Å²) in [6.07, 6.45) is 1.60. The Morgan fingerprint density at radius 2 is 1.95 bits per heavy atom. The second-order valence-corrected chi connectivity index (χ2v) is 4.95. The lowest BCUT2D eigenvalue weighted by Gasteiger charge is -2.27. The van der Waals surface area contributed by atoms with Crippen molar-refractivity contribution in [2.24, 2.45) is 0 Å². The van der Waals surface area contributed by atoms with Crippen molar-refractivity contribution in [3.63, 3.8) is 0 Å². The number of nitrogens with one attached hydrogen (secondary N) is 1. The predicted molar refractivity (Wildman–Crippen MR) is 78.1 cm³/mol. The Morgan fingerprint density at radius 1 is 1.20 bits per heavy atom. The third kappa shape index (κ3) is 3.88. The van der Waals surface area contributed by atoms with E-state index in [0.717, 1.165) is 11.3 Å². The van der Waals surface area contributed by atoms with Gasteiger partial charge in [0.2, 0.25) is 0 Å². The molecule has 1 aromatic carbocycles. The highest BCUT2D eigenvalue weighted by Crippen LogP contribution is 2.09. The maximum absolute atomic E-state index is 12.3. The van der Waals surface area contributed by atoms with Crippen molar-refractivity contribution in [2.75, 3.05) is 0 Å². The lowest BCUT2D eigenvalue weighted by molar-refractivity contribution is 0.178. The van der Waals surface area contributed by atoms with Crippen molar-refractivity contribution < 1.29 is 9.21 Å². The number of hydrogen-bond donors (Lipinski definition) is 1. The molecule has 2 amide bonds. The van der Waals surface area contributed by atoms with E-state index < -0.39 is 0 Å². The van der Waals surface area contributed by atoms with Crippen LogP contribution in [0.2, 0.25) is 0 Å². The molecule has 1 heterocycles. The smallest absolute Gasteiger partial charge is 0.318 e. The summed E-state index contributed by atoms with van der Waals surface area (Å²) >= 11 is 0. The SMILES string of the molecule is CC(C)N(Cc1ccccc1)C(=O)NCc1ccco1. The van der Waals surface area contributed by atoms with Crippen LogP contribution in [-0.4, -0.2) is 17.0 Å². The van der Waals surface area contributed by atoms with Crippen LogP contribution in [0.1, 0.15) is 25.2 Å². The van der Waals surface area contributed by atoms with E-state index >= 15 is 0 Å². The molecule has 0 radical (unpaired) electrons. The van der Waals surface area contributed by atoms with Gasteiger partial charge >= 0.3 is 6.03 Å². The lowest BCUT2D eigenvalue weighted by Crippen LogP contribution is -2.43. The number of carbonyl (C=O) groups is 1. The number of furan rings is 1. The number of nitrogens with zero attached hydrogens (tertiary/aromatic N) is 1. The molecule has 0 spiro atoms. The number of amides is 2. The molecule has 0 saturated heterocycles. The molecule has 2 aromatic rings. The van der Waals surface area contributed by atoms with Crippen LogP contribution in [0.4, 0.5) is 4.79 Å². The number of rotatable bonds is 5. The summed E-state index contributed by atoms with van der Waals surface area (Å²) in [7, 11) is 0. The summed E-state index contributed by atoms with van der Waals surface area (Å²) in [6.45, 7) is 5.02. The number of hydrogen-bond acceptors (Lipinski definition) is 2. The second kappa shape index (κ2) is 6.80. The molecule has 0 saturated carbocycles. The van der Waals surface area contributed by atoms with E-state index in [4.69, 9.17) is 4.42 Å². The molecule has 0 unspecified atom stereocenters. The molecule has 0 fully saturated rings. The van der Waals surface area contributed by atoms with E-state index in [1.165, 1.54) is 0 Å². The first-order chi connectivity index (χ1) is 9.66. The molecule has 0 aliphatic carbocycles. The molecule has 0 bridgehead atoms. The van der Waals surface area contributed by atoms with Gasteiger partial charge in [-0.25, -0.2) is 4.79 Å². The van der Waals surface area contributed by atoms with Crippen LogP contribution < -0.4 is 5.32 Å². The Balaban J connectivity index is 1.95. The van der Waals surface area contributed by atoms with E-state index in [1.54, 1.807) is 11.2 Å². The molecule has 0 atom stereocenters. The standard InChI is InChI=1S/C16H20N2O2/c1-13(2)18(12-14-7-4-3-5-8-14)16(19)17-11-15-9-6-10-20-15/h3-10,13H,11-12H2,1-2H3,(H,17,19). The maximum Gasteiger partial charge on any atom is 0.318 e. The topological polar surface area (TPSA) is 45.5 Å². The molecular formula is C16H20N2O2. The largest absolute Gasteiger partial charge is 0.467 e. The quantitative estimate of drug-likeness (QED) is 0.906. The Labute approximate surface area is 119 Å². The molecule has 1 N–H and O–H groups in total. The fraction of sp³-hybridized carbons (Fsp3) is 0.312. The van der Waals surface area contributed by atoms with Gasteiger partial charge in [0.25, 0.3) is 0 Å². The maximum atomic E-state index is 12.3. The molecule has 4 nitrogen and oxygen atoms in total. The highest BCUT2D eigenvalue weighted by Gasteiger charge is 2.17. The average molecular weight is 272 g/mol. The van der Waals surface area contributed by atoms with Gasteiger partial charge in [0.05, 0.1) is 12.8 Å². The molecule has 0 aliphatic rings. The molecule has 1 aromatic heterocycles. The normalized spacial score (nSPS) is 10.6. The Kier molecular flexibility index (Phi) is 4.82. The summed E-state index contributed by atoms with van der Waals surface area (Å²) in [5.41, 5.74) is 1.12. The van der Waals surface area contributed by atoms with Gasteiger partial charge in [-0.15, -0.1) is 0 Å². The molecule has 106 valence electrons. The average Bonchev–Trinajstić information content (AvgIpc) is 2.96. The molecule has 4 heteroatoms. The number of urea groups is 1. The van der Waals surface area contributed by atoms with Crippen molar-refractivity contribution in [3.05, 3.63) is 60.1 Å². The van der Waals surface area contributed by atoms with Crippen molar-refractivity contribution in [3.8, 4) is 0 Å². The van der Waals surface area contributed by atoms with Crippen LogP contribution in [0.3, 0.4) is 0 Å². The third-order valence-corrected chi connectivity index (χ3v) is 3.07. The first-order valence-corrected chi connectivity index (χ1v) is 6.77. The molecule has 2 rings (SSSR count). The van der Waals surface area contributed by atoms with Crippen molar-refractivity contribution in [2.45, 2.75) is 33.0 Å². The zero-order valence-corrected chi connectivity index (χ0v) is 11.9. The van der Waals surface area contributed by atoms with Gasteiger partial charge in [0.1, 0.15) is 5.76 Å². The first kappa shape index (κ1) is 14.2. The zero-order chi connectivity index (χ0) is 14.4. The van der Waals surface area contributed by atoms with Gasteiger partial charge < -0.3 is 14.6 Å². The molecule has 0 aliphatic heterocycles.